The highest BCUT2D eigenvalue weighted by Crippen LogP contribution is 2.19. The highest BCUT2D eigenvalue weighted by Gasteiger charge is 2.28. The number of ether oxygens (including phenoxy) is 1. The normalized spacial score (nSPS) is 17.7. The van der Waals surface area contributed by atoms with Gasteiger partial charge in [-0.3, -0.25) is 4.79 Å². The van der Waals surface area contributed by atoms with Crippen molar-refractivity contribution in [2.45, 2.75) is 45.3 Å². The van der Waals surface area contributed by atoms with Crippen molar-refractivity contribution in [2.75, 3.05) is 13.1 Å². The lowest BCUT2D eigenvalue weighted by atomic mass is 10.1. The standard InChI is InChI=1S/C17H22BrFN2O3/c1-17(2,3)24-16(23)20-12-6-7-21(10-12)15(22)9-11-4-5-14(19)13(18)8-11/h4-5,8,12H,6-7,9-10H2,1-3H3,(H,20,23)/t12-/m0/s1. The maximum absolute atomic E-state index is 13.2. The van der Waals surface area contributed by atoms with Gasteiger partial charge >= 0.3 is 6.09 Å². The fraction of sp³-hybridized carbons (Fsp3) is 0.529. The summed E-state index contributed by atoms with van der Waals surface area (Å²) in [6.07, 6.45) is 0.431. The van der Waals surface area contributed by atoms with Crippen LogP contribution in [0.1, 0.15) is 32.8 Å². The highest BCUT2D eigenvalue weighted by atomic mass is 79.9. The molecule has 5 nitrogen and oxygen atoms in total. The van der Waals surface area contributed by atoms with E-state index in [0.717, 1.165) is 5.56 Å². The van der Waals surface area contributed by atoms with Gasteiger partial charge in [0.1, 0.15) is 11.4 Å². The molecule has 1 saturated heterocycles. The summed E-state index contributed by atoms with van der Waals surface area (Å²) in [6, 6.07) is 4.44. The molecule has 0 unspecified atom stereocenters. The zero-order valence-corrected chi connectivity index (χ0v) is 15.7. The summed E-state index contributed by atoms with van der Waals surface area (Å²) in [6.45, 7) is 6.45. The molecule has 0 radical (unpaired) electrons. The van der Waals surface area contributed by atoms with Crippen LogP contribution in [0.5, 0.6) is 0 Å². The van der Waals surface area contributed by atoms with Crippen molar-refractivity contribution in [3.05, 3.63) is 34.1 Å². The van der Waals surface area contributed by atoms with E-state index in [4.69, 9.17) is 4.74 Å². The quantitative estimate of drug-likeness (QED) is 0.846. The second-order valence-corrected chi connectivity index (χ2v) is 7.75. The lowest BCUT2D eigenvalue weighted by molar-refractivity contribution is -0.129. The number of hydrogen-bond acceptors (Lipinski definition) is 3. The van der Waals surface area contributed by atoms with Crippen LogP contribution in [0.15, 0.2) is 22.7 Å². The maximum Gasteiger partial charge on any atom is 0.407 e. The molecule has 132 valence electrons. The van der Waals surface area contributed by atoms with Crippen LogP contribution in [0, 0.1) is 5.82 Å². The first kappa shape index (κ1) is 18.7. The number of rotatable bonds is 3. The first-order valence-electron chi connectivity index (χ1n) is 7.85. The van der Waals surface area contributed by atoms with Gasteiger partial charge in [-0.25, -0.2) is 9.18 Å². The summed E-state index contributed by atoms with van der Waals surface area (Å²) < 4.78 is 18.8. The van der Waals surface area contributed by atoms with Crippen LogP contribution in [-0.2, 0) is 16.0 Å². The van der Waals surface area contributed by atoms with Crippen molar-refractivity contribution in [1.29, 1.82) is 0 Å². The van der Waals surface area contributed by atoms with Crippen molar-refractivity contribution < 1.29 is 18.7 Å². The Balaban J connectivity index is 1.85. The molecule has 24 heavy (non-hydrogen) atoms. The first-order valence-corrected chi connectivity index (χ1v) is 8.64. The van der Waals surface area contributed by atoms with Gasteiger partial charge in [0.25, 0.3) is 0 Å². The summed E-state index contributed by atoms with van der Waals surface area (Å²) >= 11 is 3.12. The van der Waals surface area contributed by atoms with Crippen LogP contribution in [0.4, 0.5) is 9.18 Å². The Labute approximate surface area is 149 Å². The van der Waals surface area contributed by atoms with E-state index in [-0.39, 0.29) is 24.2 Å². The van der Waals surface area contributed by atoms with E-state index in [9.17, 15) is 14.0 Å². The van der Waals surface area contributed by atoms with Gasteiger partial charge in [0, 0.05) is 13.1 Å². The number of alkyl carbamates (subject to hydrolysis) is 1. The molecule has 0 bridgehead atoms. The fourth-order valence-electron chi connectivity index (χ4n) is 2.51. The van der Waals surface area contributed by atoms with Crippen molar-refractivity contribution in [1.82, 2.24) is 10.2 Å². The molecular formula is C17H22BrFN2O3. The Bertz CT molecular complexity index is 631. The number of halogens is 2. The number of carbonyl (C=O) groups is 2. The molecule has 1 fully saturated rings. The van der Waals surface area contributed by atoms with Gasteiger partial charge in [0.2, 0.25) is 5.91 Å². The van der Waals surface area contributed by atoms with E-state index in [1.165, 1.54) is 6.07 Å². The number of likely N-dealkylation sites (tertiary alicyclic amines) is 1. The molecule has 0 aromatic heterocycles. The van der Waals surface area contributed by atoms with Gasteiger partial charge in [-0.15, -0.1) is 0 Å². The van der Waals surface area contributed by atoms with E-state index in [1.807, 2.05) is 0 Å². The average molecular weight is 401 g/mol. The Morgan fingerprint density at radius 1 is 1.42 bits per heavy atom. The monoisotopic (exact) mass is 400 g/mol. The molecule has 1 atom stereocenters. The van der Waals surface area contributed by atoms with Gasteiger partial charge in [0.05, 0.1) is 16.9 Å². The Morgan fingerprint density at radius 2 is 2.12 bits per heavy atom. The largest absolute Gasteiger partial charge is 0.444 e. The molecular weight excluding hydrogens is 379 g/mol. The minimum absolute atomic E-state index is 0.0398. The van der Waals surface area contributed by atoms with E-state index < -0.39 is 11.7 Å². The van der Waals surface area contributed by atoms with Crippen LogP contribution in [0.25, 0.3) is 0 Å². The number of hydrogen-bond donors (Lipinski definition) is 1. The molecule has 1 aliphatic heterocycles. The molecule has 1 heterocycles. The van der Waals surface area contributed by atoms with E-state index in [2.05, 4.69) is 21.2 Å². The van der Waals surface area contributed by atoms with Gasteiger partial charge in [-0.05, 0) is 60.8 Å². The Morgan fingerprint density at radius 3 is 2.75 bits per heavy atom. The molecule has 1 aromatic carbocycles. The van der Waals surface area contributed by atoms with Crippen LogP contribution < -0.4 is 5.32 Å². The second-order valence-electron chi connectivity index (χ2n) is 6.90. The van der Waals surface area contributed by atoms with E-state index >= 15 is 0 Å². The zero-order valence-electron chi connectivity index (χ0n) is 14.1. The summed E-state index contributed by atoms with van der Waals surface area (Å²) in [7, 11) is 0. The predicted molar refractivity (Wildman–Crippen MR) is 92.2 cm³/mol. The van der Waals surface area contributed by atoms with Gasteiger partial charge in [0.15, 0.2) is 0 Å². The van der Waals surface area contributed by atoms with Crippen LogP contribution in [-0.4, -0.2) is 41.6 Å². The summed E-state index contributed by atoms with van der Waals surface area (Å²) in [5.74, 6) is -0.393. The van der Waals surface area contributed by atoms with Crippen LogP contribution in [0.3, 0.4) is 0 Å². The maximum atomic E-state index is 13.2. The molecule has 0 spiro atoms. The number of amides is 2. The van der Waals surface area contributed by atoms with Crippen LogP contribution in [0.2, 0.25) is 0 Å². The van der Waals surface area contributed by atoms with E-state index in [1.54, 1.807) is 37.8 Å². The van der Waals surface area contributed by atoms with E-state index in [0.29, 0.717) is 24.0 Å². The SMILES string of the molecule is CC(C)(C)OC(=O)N[C@H]1CCN(C(=O)Cc2ccc(F)c(Br)c2)C1. The number of carbonyl (C=O) groups excluding carboxylic acids is 2. The highest BCUT2D eigenvalue weighted by molar-refractivity contribution is 9.10. The Kier molecular flexibility index (Phi) is 5.85. The van der Waals surface area contributed by atoms with Crippen LogP contribution >= 0.6 is 15.9 Å². The summed E-state index contributed by atoms with van der Waals surface area (Å²) in [5.41, 5.74) is 0.200. The van der Waals surface area contributed by atoms with Crippen molar-refractivity contribution in [3.8, 4) is 0 Å². The molecule has 0 aliphatic carbocycles. The van der Waals surface area contributed by atoms with Crippen molar-refractivity contribution in [3.63, 3.8) is 0 Å². The van der Waals surface area contributed by atoms with Gasteiger partial charge in [-0.2, -0.15) is 0 Å². The second kappa shape index (κ2) is 7.51. The minimum Gasteiger partial charge on any atom is -0.444 e. The number of nitrogens with one attached hydrogen (secondary N) is 1. The minimum atomic E-state index is -0.547. The van der Waals surface area contributed by atoms with Crippen molar-refractivity contribution >= 4 is 27.9 Å². The van der Waals surface area contributed by atoms with Crippen molar-refractivity contribution in [2.24, 2.45) is 0 Å². The topological polar surface area (TPSA) is 58.6 Å². The molecule has 2 amide bonds. The third-order valence-electron chi connectivity index (χ3n) is 3.60. The summed E-state index contributed by atoms with van der Waals surface area (Å²) in [4.78, 5) is 25.8. The third-order valence-corrected chi connectivity index (χ3v) is 4.21. The average Bonchev–Trinajstić information content (AvgIpc) is 2.89. The predicted octanol–water partition coefficient (Wildman–Crippen LogP) is 3.26. The molecule has 1 N–H and O–H groups in total. The summed E-state index contributed by atoms with van der Waals surface area (Å²) in [5, 5.41) is 2.79. The zero-order chi connectivity index (χ0) is 17.9. The third kappa shape index (κ3) is 5.47. The number of benzene rings is 1. The fourth-order valence-corrected chi connectivity index (χ4v) is 2.94. The molecule has 0 saturated carbocycles. The molecule has 2 rings (SSSR count). The lowest BCUT2D eigenvalue weighted by Gasteiger charge is -2.22. The number of nitrogens with zero attached hydrogens (tertiary/aromatic N) is 1. The Hall–Kier alpha value is -1.63. The molecule has 1 aromatic rings. The smallest absolute Gasteiger partial charge is 0.407 e. The molecule has 1 aliphatic rings. The lowest BCUT2D eigenvalue weighted by Crippen LogP contribution is -2.41. The van der Waals surface area contributed by atoms with Gasteiger partial charge in [-0.1, -0.05) is 6.07 Å². The van der Waals surface area contributed by atoms with Gasteiger partial charge < -0.3 is 15.0 Å². The molecule has 7 heteroatoms. The first-order chi connectivity index (χ1) is 11.1.